The maximum absolute atomic E-state index is 13.1. The van der Waals surface area contributed by atoms with Crippen LogP contribution in [0.5, 0.6) is 0 Å². The number of hydrogen-bond acceptors (Lipinski definition) is 15. The zero-order valence-corrected chi connectivity index (χ0v) is 64.5. The van der Waals surface area contributed by atoms with Crippen LogP contribution in [0.15, 0.2) is 0 Å². The second-order valence-electron chi connectivity index (χ2n) is 28.2. The third-order valence-corrected chi connectivity index (χ3v) is 20.6. The Hall–Kier alpha value is -1.94. The number of aliphatic hydroxyl groups excluding tert-OH is 1. The molecule has 0 aromatic heterocycles. The van der Waals surface area contributed by atoms with Crippen LogP contribution in [-0.4, -0.2) is 96.7 Å². The predicted molar refractivity (Wildman–Crippen MR) is 391 cm³/mol. The highest BCUT2D eigenvalue weighted by molar-refractivity contribution is 7.47. The summed E-state index contributed by atoms with van der Waals surface area (Å²) in [5, 5.41) is 10.6. The molecule has 96 heavy (non-hydrogen) atoms. The standard InChI is InChI=1S/C77H150O17P2/c1-7-11-13-15-17-19-21-28-35-41-47-53-59-74(79)87-65-72(93-76(81)61-55-49-43-37-29-22-20-18-16-14-12-8-2)67-91-95(83,84)89-63-71(78)64-90-96(85,86)92-68-73(66-88-75(80)60-54-48-42-36-32-31-34-40-46-52-58-70(6)10-4)94-77(82)62-56-50-44-38-30-26-24-23-25-27-33-39-45-51-57-69(5)9-3/h69-73,78H,7-68H2,1-6H3,(H,83,84)(H,85,86)/t69?,70?,71-,72+,73+/m0/s1. The number of phosphoric acid groups is 2. The van der Waals surface area contributed by atoms with Gasteiger partial charge in [-0.25, -0.2) is 9.13 Å². The van der Waals surface area contributed by atoms with E-state index in [0.717, 1.165) is 102 Å². The summed E-state index contributed by atoms with van der Waals surface area (Å²) in [5.74, 6) is -0.456. The summed E-state index contributed by atoms with van der Waals surface area (Å²) in [7, 11) is -9.91. The van der Waals surface area contributed by atoms with Gasteiger partial charge in [0.05, 0.1) is 26.4 Å². The second kappa shape index (κ2) is 68.8. The highest BCUT2D eigenvalue weighted by atomic mass is 31.2. The molecule has 0 amide bonds. The third kappa shape index (κ3) is 67.9. The van der Waals surface area contributed by atoms with Gasteiger partial charge in [-0.15, -0.1) is 0 Å². The largest absolute Gasteiger partial charge is 0.472 e. The Morgan fingerprint density at radius 1 is 0.292 bits per heavy atom. The van der Waals surface area contributed by atoms with Crippen LogP contribution in [0.1, 0.15) is 401 Å². The number of rotatable bonds is 76. The summed E-state index contributed by atoms with van der Waals surface area (Å²) in [6.45, 7) is 9.69. The fourth-order valence-electron chi connectivity index (χ4n) is 11.8. The lowest BCUT2D eigenvalue weighted by molar-refractivity contribution is -0.161. The number of ether oxygens (including phenoxy) is 4. The quantitative estimate of drug-likeness (QED) is 0.0222. The van der Waals surface area contributed by atoms with Crippen molar-refractivity contribution >= 4 is 39.5 Å². The van der Waals surface area contributed by atoms with Gasteiger partial charge in [0.15, 0.2) is 12.2 Å². The predicted octanol–water partition coefficient (Wildman–Crippen LogP) is 22.7. The van der Waals surface area contributed by atoms with Crippen molar-refractivity contribution in [3.63, 3.8) is 0 Å². The van der Waals surface area contributed by atoms with Crippen LogP contribution in [0.25, 0.3) is 0 Å². The van der Waals surface area contributed by atoms with E-state index < -0.39 is 97.5 Å². The van der Waals surface area contributed by atoms with E-state index in [2.05, 4.69) is 41.5 Å². The van der Waals surface area contributed by atoms with Crippen LogP contribution in [0, 0.1) is 11.8 Å². The molecule has 570 valence electrons. The second-order valence-corrected chi connectivity index (χ2v) is 31.1. The van der Waals surface area contributed by atoms with Crippen LogP contribution in [-0.2, 0) is 65.4 Å². The lowest BCUT2D eigenvalue weighted by atomic mass is 9.99. The molecular formula is C77H150O17P2. The van der Waals surface area contributed by atoms with Crippen molar-refractivity contribution in [3.8, 4) is 0 Å². The summed E-state index contributed by atoms with van der Waals surface area (Å²) in [6, 6.07) is 0. The summed E-state index contributed by atoms with van der Waals surface area (Å²) in [4.78, 5) is 72.9. The highest BCUT2D eigenvalue weighted by Gasteiger charge is 2.30. The van der Waals surface area contributed by atoms with Crippen molar-refractivity contribution in [2.75, 3.05) is 39.6 Å². The van der Waals surface area contributed by atoms with E-state index in [9.17, 15) is 43.2 Å². The molecule has 0 bridgehead atoms. The molecule has 0 fully saturated rings. The van der Waals surface area contributed by atoms with Crippen molar-refractivity contribution in [3.05, 3.63) is 0 Å². The van der Waals surface area contributed by atoms with Gasteiger partial charge >= 0.3 is 39.5 Å². The van der Waals surface area contributed by atoms with Gasteiger partial charge in [-0.3, -0.25) is 37.3 Å². The van der Waals surface area contributed by atoms with Crippen molar-refractivity contribution < 1.29 is 80.2 Å². The van der Waals surface area contributed by atoms with Crippen molar-refractivity contribution in [1.29, 1.82) is 0 Å². The topological polar surface area (TPSA) is 237 Å². The molecule has 0 saturated heterocycles. The summed E-state index contributed by atoms with van der Waals surface area (Å²) < 4.78 is 68.6. The fourth-order valence-corrected chi connectivity index (χ4v) is 13.3. The van der Waals surface area contributed by atoms with E-state index in [1.807, 2.05) is 0 Å². The average Bonchev–Trinajstić information content (AvgIpc) is 1.25. The van der Waals surface area contributed by atoms with E-state index in [1.165, 1.54) is 218 Å². The van der Waals surface area contributed by atoms with Gasteiger partial charge < -0.3 is 33.8 Å². The highest BCUT2D eigenvalue weighted by Crippen LogP contribution is 2.45. The minimum atomic E-state index is -4.96. The maximum Gasteiger partial charge on any atom is 0.472 e. The van der Waals surface area contributed by atoms with Gasteiger partial charge in [0.2, 0.25) is 0 Å². The number of esters is 4. The van der Waals surface area contributed by atoms with Crippen molar-refractivity contribution in [2.24, 2.45) is 11.8 Å². The number of aliphatic hydroxyl groups is 1. The number of phosphoric ester groups is 2. The Labute approximate surface area is 588 Å². The molecule has 0 heterocycles. The first kappa shape index (κ1) is 94.1. The first-order valence-corrected chi connectivity index (χ1v) is 43.1. The maximum atomic E-state index is 13.1. The van der Waals surface area contributed by atoms with E-state index in [0.29, 0.717) is 25.7 Å². The van der Waals surface area contributed by atoms with E-state index in [1.54, 1.807) is 0 Å². The molecule has 0 rings (SSSR count). The van der Waals surface area contributed by atoms with Crippen LogP contribution in [0.4, 0.5) is 0 Å². The molecule has 0 saturated carbocycles. The molecule has 7 atom stereocenters. The average molecular weight is 1410 g/mol. The van der Waals surface area contributed by atoms with Gasteiger partial charge in [0, 0.05) is 25.7 Å². The molecule has 0 spiro atoms. The Morgan fingerprint density at radius 2 is 0.500 bits per heavy atom. The Kier molecular flexibility index (Phi) is 67.4. The van der Waals surface area contributed by atoms with Crippen molar-refractivity contribution in [1.82, 2.24) is 0 Å². The SMILES string of the molecule is CCCCCCCCCCCCCCC(=O)OC[C@H](COP(=O)(O)OC[C@H](O)COP(=O)(O)OC[C@@H](COC(=O)CCCCCCCCCCCCC(C)CC)OC(=O)CCCCCCCCCCCCCCCCC(C)CC)OC(=O)CCCCCCCCCCCCCC. The molecule has 4 unspecified atom stereocenters. The lowest BCUT2D eigenvalue weighted by Gasteiger charge is -2.21. The normalized spacial score (nSPS) is 14.6. The zero-order chi connectivity index (χ0) is 70.7. The summed E-state index contributed by atoms with van der Waals surface area (Å²) >= 11 is 0. The fraction of sp³-hybridized carbons (Fsp3) is 0.948. The first-order valence-electron chi connectivity index (χ1n) is 40.1. The summed E-state index contributed by atoms with van der Waals surface area (Å²) in [6.07, 6.45) is 56.5. The molecule has 3 N–H and O–H groups in total. The zero-order valence-electron chi connectivity index (χ0n) is 62.7. The Balaban J connectivity index is 5.26. The molecule has 0 aliphatic carbocycles. The van der Waals surface area contributed by atoms with Gasteiger partial charge in [0.25, 0.3) is 0 Å². The molecule has 0 aromatic rings. The molecule has 0 aliphatic heterocycles. The van der Waals surface area contributed by atoms with E-state index in [-0.39, 0.29) is 25.7 Å². The Morgan fingerprint density at radius 3 is 0.740 bits per heavy atom. The number of hydrogen-bond donors (Lipinski definition) is 3. The van der Waals surface area contributed by atoms with Crippen LogP contribution >= 0.6 is 15.6 Å². The molecule has 19 heteroatoms. The van der Waals surface area contributed by atoms with Crippen LogP contribution < -0.4 is 0 Å². The van der Waals surface area contributed by atoms with Crippen LogP contribution in [0.2, 0.25) is 0 Å². The molecule has 0 aliphatic rings. The number of carbonyl (C=O) groups excluding carboxylic acids is 4. The minimum Gasteiger partial charge on any atom is -0.462 e. The van der Waals surface area contributed by atoms with Gasteiger partial charge in [0.1, 0.15) is 19.3 Å². The smallest absolute Gasteiger partial charge is 0.462 e. The van der Waals surface area contributed by atoms with E-state index in [4.69, 9.17) is 37.0 Å². The van der Waals surface area contributed by atoms with Gasteiger partial charge in [-0.05, 0) is 37.5 Å². The molecular weight excluding hydrogens is 1260 g/mol. The first-order chi connectivity index (χ1) is 46.4. The number of carbonyl (C=O) groups is 4. The lowest BCUT2D eigenvalue weighted by Crippen LogP contribution is -2.30. The Bertz CT molecular complexity index is 1860. The summed E-state index contributed by atoms with van der Waals surface area (Å²) in [5.41, 5.74) is 0. The number of unbranched alkanes of at least 4 members (excludes halogenated alkanes) is 44. The van der Waals surface area contributed by atoms with Gasteiger partial charge in [-0.2, -0.15) is 0 Å². The molecule has 0 aromatic carbocycles. The van der Waals surface area contributed by atoms with E-state index >= 15 is 0 Å². The third-order valence-electron chi connectivity index (χ3n) is 18.7. The van der Waals surface area contributed by atoms with Crippen LogP contribution in [0.3, 0.4) is 0 Å². The monoisotopic (exact) mass is 1410 g/mol. The molecule has 0 radical (unpaired) electrons. The van der Waals surface area contributed by atoms with Crippen molar-refractivity contribution in [2.45, 2.75) is 419 Å². The minimum absolute atomic E-state index is 0.108. The molecule has 17 nitrogen and oxygen atoms in total. The van der Waals surface area contributed by atoms with Gasteiger partial charge in [-0.1, -0.05) is 350 Å².